The average Bonchev–Trinajstić information content (AvgIpc) is 3.12. The van der Waals surface area contributed by atoms with E-state index in [1.54, 1.807) is 0 Å². The summed E-state index contributed by atoms with van der Waals surface area (Å²) in [5, 5.41) is 10.1. The minimum atomic E-state index is -0.581. The van der Waals surface area contributed by atoms with Crippen LogP contribution in [0.15, 0.2) is 24.3 Å². The van der Waals surface area contributed by atoms with Crippen LogP contribution in [0, 0.1) is 5.92 Å². The van der Waals surface area contributed by atoms with Gasteiger partial charge in [0.1, 0.15) is 11.6 Å². The number of rotatable bonds is 11. The van der Waals surface area contributed by atoms with Crippen LogP contribution >= 0.6 is 11.6 Å². The van der Waals surface area contributed by atoms with Gasteiger partial charge in [-0.05, 0) is 36.5 Å². The molecule has 1 heterocycles. The van der Waals surface area contributed by atoms with Crippen LogP contribution in [0.5, 0.6) is 5.75 Å². The van der Waals surface area contributed by atoms with E-state index in [0.717, 1.165) is 43.5 Å². The molecule has 1 aliphatic rings. The van der Waals surface area contributed by atoms with E-state index < -0.39 is 6.10 Å². The largest absolute Gasteiger partial charge is 0.479 e. The molecule has 0 saturated heterocycles. The van der Waals surface area contributed by atoms with Crippen molar-refractivity contribution < 1.29 is 19.4 Å². The van der Waals surface area contributed by atoms with Crippen molar-refractivity contribution in [3.63, 3.8) is 0 Å². The number of unbranched alkanes of at least 4 members (excludes halogenated alkanes) is 1. The molecule has 32 heavy (non-hydrogen) atoms. The summed E-state index contributed by atoms with van der Waals surface area (Å²) in [7, 11) is 1.41. The predicted octanol–water partition coefficient (Wildman–Crippen LogP) is 5.31. The molecule has 1 atom stereocenters. The number of benzene rings is 1. The van der Waals surface area contributed by atoms with E-state index in [1.807, 2.05) is 28.8 Å². The lowest BCUT2D eigenvalue weighted by Gasteiger charge is -2.25. The first-order valence-electron chi connectivity index (χ1n) is 11.7. The fraction of sp³-hybridized carbons (Fsp3) is 0.600. The van der Waals surface area contributed by atoms with E-state index >= 15 is 0 Å². The normalized spacial score (nSPS) is 15.5. The Labute approximate surface area is 195 Å². The molecule has 1 saturated carbocycles. The molecule has 1 fully saturated rings. The van der Waals surface area contributed by atoms with Gasteiger partial charge in [-0.25, -0.2) is 9.78 Å². The monoisotopic (exact) mass is 462 g/mol. The second-order valence-corrected chi connectivity index (χ2v) is 8.98. The van der Waals surface area contributed by atoms with Gasteiger partial charge in [-0.2, -0.15) is 0 Å². The van der Waals surface area contributed by atoms with Crippen molar-refractivity contribution in [2.45, 2.75) is 84.0 Å². The maximum absolute atomic E-state index is 12.3. The van der Waals surface area contributed by atoms with Crippen LogP contribution in [-0.4, -0.2) is 33.8 Å². The van der Waals surface area contributed by atoms with Crippen molar-refractivity contribution in [3.8, 4) is 5.75 Å². The third-order valence-electron chi connectivity index (χ3n) is 6.29. The smallest absolute Gasteiger partial charge is 0.347 e. The Bertz CT molecular complexity index is 860. The van der Waals surface area contributed by atoms with Gasteiger partial charge in [0.25, 0.3) is 0 Å². The summed E-state index contributed by atoms with van der Waals surface area (Å²) in [4.78, 5) is 16.7. The zero-order valence-electron chi connectivity index (χ0n) is 19.2. The Balaban J connectivity index is 1.69. The second kappa shape index (κ2) is 12.3. The van der Waals surface area contributed by atoms with Crippen molar-refractivity contribution >= 4 is 17.6 Å². The van der Waals surface area contributed by atoms with Crippen LogP contribution in [0.4, 0.5) is 0 Å². The summed E-state index contributed by atoms with van der Waals surface area (Å²) in [6.45, 7) is 2.55. The topological polar surface area (TPSA) is 73.6 Å². The first-order chi connectivity index (χ1) is 15.5. The lowest BCUT2D eigenvalue weighted by atomic mass is 9.85. The summed E-state index contributed by atoms with van der Waals surface area (Å²) in [6, 6.07) is 7.72. The SMILES string of the molecule is CCCCc1nc(Cl)c(CO)n1Cc1ccc(OC(CC2CCCCC2)C(=O)OC)cc1. The maximum Gasteiger partial charge on any atom is 0.347 e. The van der Waals surface area contributed by atoms with Gasteiger partial charge >= 0.3 is 5.97 Å². The summed E-state index contributed by atoms with van der Waals surface area (Å²) in [6.07, 6.45) is 9.04. The third kappa shape index (κ3) is 6.48. The number of aromatic nitrogens is 2. The molecule has 0 aliphatic heterocycles. The Morgan fingerprint density at radius 2 is 1.97 bits per heavy atom. The number of hydrogen-bond acceptors (Lipinski definition) is 5. The molecule has 1 aromatic heterocycles. The summed E-state index contributed by atoms with van der Waals surface area (Å²) in [5.41, 5.74) is 1.68. The zero-order valence-corrected chi connectivity index (χ0v) is 19.9. The van der Waals surface area contributed by atoms with E-state index in [-0.39, 0.29) is 12.6 Å². The van der Waals surface area contributed by atoms with Crippen LogP contribution in [0.2, 0.25) is 5.15 Å². The van der Waals surface area contributed by atoms with Crippen LogP contribution in [-0.2, 0) is 29.1 Å². The standard InChI is InChI=1S/C25H35ClN2O4/c1-3-4-10-23-27-24(26)21(17-29)28(23)16-19-11-13-20(14-12-19)32-22(25(30)31-2)15-18-8-6-5-7-9-18/h11-14,18,22,29H,3-10,15-17H2,1-2H3. The molecule has 1 N–H and O–H groups in total. The van der Waals surface area contributed by atoms with Gasteiger partial charge < -0.3 is 19.1 Å². The number of hydrogen-bond donors (Lipinski definition) is 1. The number of aliphatic hydroxyl groups is 1. The zero-order chi connectivity index (χ0) is 22.9. The highest BCUT2D eigenvalue weighted by molar-refractivity contribution is 6.30. The lowest BCUT2D eigenvalue weighted by Crippen LogP contribution is -2.31. The van der Waals surface area contributed by atoms with E-state index in [2.05, 4.69) is 11.9 Å². The van der Waals surface area contributed by atoms with Crippen LogP contribution < -0.4 is 4.74 Å². The summed E-state index contributed by atoms with van der Waals surface area (Å²) < 4.78 is 13.0. The fourth-order valence-electron chi connectivity index (χ4n) is 4.44. The van der Waals surface area contributed by atoms with Gasteiger partial charge in [-0.15, -0.1) is 0 Å². The van der Waals surface area contributed by atoms with Gasteiger partial charge in [-0.1, -0.05) is 69.2 Å². The molecule has 0 spiro atoms. The van der Waals surface area contributed by atoms with E-state index in [1.165, 1.54) is 26.4 Å². The van der Waals surface area contributed by atoms with Crippen LogP contribution in [0.25, 0.3) is 0 Å². The highest BCUT2D eigenvalue weighted by atomic mass is 35.5. The molecule has 0 bridgehead atoms. The number of aliphatic hydroxyl groups excluding tert-OH is 1. The molecule has 2 aromatic rings. The molecule has 176 valence electrons. The van der Waals surface area contributed by atoms with Gasteiger partial charge in [0.2, 0.25) is 0 Å². The number of esters is 1. The van der Waals surface area contributed by atoms with Gasteiger partial charge in [0, 0.05) is 13.0 Å². The molecule has 1 aliphatic carbocycles. The average molecular weight is 463 g/mol. The molecule has 7 heteroatoms. The number of carbonyl (C=O) groups is 1. The van der Waals surface area contributed by atoms with Gasteiger partial charge in [0.15, 0.2) is 11.3 Å². The van der Waals surface area contributed by atoms with E-state index in [0.29, 0.717) is 35.5 Å². The summed E-state index contributed by atoms with van der Waals surface area (Å²) >= 11 is 6.25. The number of methoxy groups -OCH3 is 1. The van der Waals surface area contributed by atoms with Crippen molar-refractivity contribution in [3.05, 3.63) is 46.5 Å². The molecular weight excluding hydrogens is 428 g/mol. The minimum Gasteiger partial charge on any atom is -0.479 e. The Morgan fingerprint density at radius 1 is 1.25 bits per heavy atom. The number of ether oxygens (including phenoxy) is 2. The molecule has 3 rings (SSSR count). The first kappa shape index (κ1) is 24.6. The highest BCUT2D eigenvalue weighted by Gasteiger charge is 2.27. The number of imidazole rings is 1. The molecule has 0 amide bonds. The maximum atomic E-state index is 12.3. The van der Waals surface area contributed by atoms with Crippen molar-refractivity contribution in [1.82, 2.24) is 9.55 Å². The molecular formula is C25H35ClN2O4. The molecule has 1 unspecified atom stereocenters. The minimum absolute atomic E-state index is 0.152. The van der Waals surface area contributed by atoms with Gasteiger partial charge in [0.05, 0.1) is 19.4 Å². The van der Waals surface area contributed by atoms with E-state index in [9.17, 15) is 9.90 Å². The molecule has 6 nitrogen and oxygen atoms in total. The number of aryl methyl sites for hydroxylation is 1. The quantitative estimate of drug-likeness (QED) is 0.458. The molecule has 1 aromatic carbocycles. The number of halogens is 1. The predicted molar refractivity (Wildman–Crippen MR) is 125 cm³/mol. The Kier molecular flexibility index (Phi) is 9.42. The van der Waals surface area contributed by atoms with Crippen molar-refractivity contribution in [1.29, 1.82) is 0 Å². The fourth-order valence-corrected chi connectivity index (χ4v) is 4.70. The van der Waals surface area contributed by atoms with E-state index in [4.69, 9.17) is 21.1 Å². The highest BCUT2D eigenvalue weighted by Crippen LogP contribution is 2.29. The second-order valence-electron chi connectivity index (χ2n) is 8.63. The number of carbonyl (C=O) groups excluding carboxylic acids is 1. The third-order valence-corrected chi connectivity index (χ3v) is 6.59. The Hall–Kier alpha value is -2.05. The van der Waals surface area contributed by atoms with Crippen molar-refractivity contribution in [2.75, 3.05) is 7.11 Å². The van der Waals surface area contributed by atoms with Crippen LogP contribution in [0.3, 0.4) is 0 Å². The van der Waals surface area contributed by atoms with Crippen molar-refractivity contribution in [2.24, 2.45) is 5.92 Å². The van der Waals surface area contributed by atoms with Gasteiger partial charge in [-0.3, -0.25) is 0 Å². The first-order valence-corrected chi connectivity index (χ1v) is 12.1. The van der Waals surface area contributed by atoms with Crippen LogP contribution in [0.1, 0.15) is 75.4 Å². The summed E-state index contributed by atoms with van der Waals surface area (Å²) in [5.74, 6) is 1.73. The Morgan fingerprint density at radius 3 is 2.59 bits per heavy atom. The number of nitrogens with zero attached hydrogens (tertiary/aromatic N) is 2. The molecule has 0 radical (unpaired) electrons. The lowest BCUT2D eigenvalue weighted by molar-refractivity contribution is -0.149.